The molecule has 0 spiro atoms. The van der Waals surface area contributed by atoms with Crippen LogP contribution in [0.5, 0.6) is 0 Å². The van der Waals surface area contributed by atoms with Gasteiger partial charge >= 0.3 is 6.85 Å². The Morgan fingerprint density at radius 3 is 1.83 bits per heavy atom. The third kappa shape index (κ3) is 9.72. The van der Waals surface area contributed by atoms with E-state index in [0.29, 0.717) is 17.5 Å². The third-order valence-electron chi connectivity index (χ3n) is 16.1. The zero-order valence-electron chi connectivity index (χ0n) is 48.8. The van der Waals surface area contributed by atoms with Crippen LogP contribution in [0.3, 0.4) is 0 Å². The topological polar surface area (TPSA) is 46.8 Å². The number of anilines is 3. The van der Waals surface area contributed by atoms with Gasteiger partial charge in [0.15, 0.2) is 17.5 Å². The van der Waals surface area contributed by atoms with Crippen LogP contribution in [0.1, 0.15) is 84.9 Å². The molecule has 1 aliphatic carbocycles. The summed E-state index contributed by atoms with van der Waals surface area (Å²) in [5, 5.41) is 2.54. The summed E-state index contributed by atoms with van der Waals surface area (Å²) < 4.78 is 2.69. The predicted octanol–water partition coefficient (Wildman–Crippen LogP) is 19.6. The van der Waals surface area contributed by atoms with Gasteiger partial charge in [0.05, 0.1) is 0 Å². The van der Waals surface area contributed by atoms with E-state index in [9.17, 15) is 0 Å². The quantitative estimate of drug-likeness (QED) is 0.101. The summed E-state index contributed by atoms with van der Waals surface area (Å²) in [6.45, 7) is 27.0. The van der Waals surface area contributed by atoms with E-state index in [4.69, 9.17) is 15.0 Å². The molecule has 402 valence electrons. The highest BCUT2D eigenvalue weighted by Crippen LogP contribution is 2.50. The first-order valence-electron chi connectivity index (χ1n) is 28.9. The van der Waals surface area contributed by atoms with Crippen molar-refractivity contribution in [3.8, 4) is 56.4 Å². The zero-order chi connectivity index (χ0) is 57.2. The van der Waals surface area contributed by atoms with Gasteiger partial charge in [0, 0.05) is 61.1 Å². The lowest BCUT2D eigenvalue weighted by molar-refractivity contribution is 0.953. The van der Waals surface area contributed by atoms with Crippen molar-refractivity contribution < 1.29 is 0 Å². The van der Waals surface area contributed by atoms with Gasteiger partial charge < -0.3 is 9.38 Å². The van der Waals surface area contributed by atoms with Gasteiger partial charge in [0.25, 0.3) is 0 Å². The van der Waals surface area contributed by atoms with E-state index in [1.54, 1.807) is 6.08 Å². The zero-order valence-corrected chi connectivity index (χ0v) is 48.8. The fraction of sp³-hybridized carbons (Fsp3) is 0.145. The maximum Gasteiger partial charge on any atom is 0.333 e. The van der Waals surface area contributed by atoms with Crippen LogP contribution in [-0.4, -0.2) is 26.3 Å². The number of aromatic nitrogens is 4. The van der Waals surface area contributed by atoms with Gasteiger partial charge in [-0.25, -0.2) is 15.0 Å². The molecule has 0 amide bonds. The third-order valence-corrected chi connectivity index (χ3v) is 16.1. The van der Waals surface area contributed by atoms with Crippen LogP contribution < -0.4 is 15.8 Å². The minimum Gasteiger partial charge on any atom is -0.375 e. The fourth-order valence-electron chi connectivity index (χ4n) is 12.8. The SMILES string of the molecule is C=C/C=C(/C)C(=C(C)C)c1ccc2c(c1)c1cc(C3=C(C)CCC=C3C)cc3c1n2B1c2ccccc2N(c2ccccc2)c2cc(-c4cccc(-c5nc(-c6ccccc6)nc(-c6ccccc6)n5)c4)c(C)c-3c21.C=C/C=C\C.CC. The molecule has 2 aromatic heterocycles. The molecule has 0 saturated heterocycles. The smallest absolute Gasteiger partial charge is 0.333 e. The Morgan fingerprint density at radius 2 is 1.21 bits per heavy atom. The Morgan fingerprint density at radius 1 is 0.585 bits per heavy atom. The van der Waals surface area contributed by atoms with Gasteiger partial charge in [0.1, 0.15) is 0 Å². The molecule has 4 heterocycles. The highest BCUT2D eigenvalue weighted by molar-refractivity contribution is 6.90. The van der Waals surface area contributed by atoms with E-state index in [-0.39, 0.29) is 6.85 Å². The second-order valence-electron chi connectivity index (χ2n) is 21.4. The van der Waals surface area contributed by atoms with Crippen molar-refractivity contribution in [2.45, 2.75) is 75.2 Å². The molecule has 6 heteroatoms. The molecular weight excluding hydrogens is 994 g/mol. The van der Waals surface area contributed by atoms with Crippen molar-refractivity contribution in [2.24, 2.45) is 0 Å². The summed E-state index contributed by atoms with van der Waals surface area (Å²) in [6, 6.07) is 64.0. The van der Waals surface area contributed by atoms with Crippen LogP contribution in [0.25, 0.3) is 89.4 Å². The number of hydrogen-bond donors (Lipinski definition) is 0. The van der Waals surface area contributed by atoms with Gasteiger partial charge in [-0.2, -0.15) is 0 Å². The normalized spacial score (nSPS) is 13.2. The summed E-state index contributed by atoms with van der Waals surface area (Å²) in [4.78, 5) is 17.9. The monoisotopic (exact) mass is 1060 g/mol. The number of fused-ring (bicyclic) bond motifs is 7. The van der Waals surface area contributed by atoms with Crippen LogP contribution in [0.4, 0.5) is 17.1 Å². The first-order chi connectivity index (χ1) is 40.1. The maximum atomic E-state index is 5.19. The van der Waals surface area contributed by atoms with E-state index in [0.717, 1.165) is 46.3 Å². The summed E-state index contributed by atoms with van der Waals surface area (Å²) in [7, 11) is 0. The predicted molar refractivity (Wildman–Crippen MR) is 354 cm³/mol. The molecule has 0 bridgehead atoms. The second-order valence-corrected chi connectivity index (χ2v) is 21.4. The Bertz CT molecular complexity index is 4220. The number of hydrogen-bond acceptors (Lipinski definition) is 4. The van der Waals surface area contributed by atoms with Crippen molar-refractivity contribution in [3.63, 3.8) is 0 Å². The maximum absolute atomic E-state index is 5.19. The lowest BCUT2D eigenvalue weighted by Gasteiger charge is -2.41. The van der Waals surface area contributed by atoms with Crippen LogP contribution in [0.2, 0.25) is 0 Å². The molecule has 0 saturated carbocycles. The first kappa shape index (κ1) is 54.6. The number of nitrogens with zero attached hydrogens (tertiary/aromatic N) is 5. The average Bonchev–Trinajstić information content (AvgIpc) is 1.62. The van der Waals surface area contributed by atoms with E-state index in [1.165, 1.54) is 105 Å². The van der Waals surface area contributed by atoms with E-state index >= 15 is 0 Å². The molecule has 2 aliphatic heterocycles. The van der Waals surface area contributed by atoms with Gasteiger partial charge in [-0.1, -0.05) is 196 Å². The van der Waals surface area contributed by atoms with Crippen molar-refractivity contribution in [3.05, 3.63) is 265 Å². The average molecular weight is 1060 g/mol. The van der Waals surface area contributed by atoms with Gasteiger partial charge in [-0.05, 0) is 183 Å². The lowest BCUT2D eigenvalue weighted by Crippen LogP contribution is -2.56. The highest BCUT2D eigenvalue weighted by Gasteiger charge is 2.44. The molecule has 0 fully saturated rings. The Kier molecular flexibility index (Phi) is 15.6. The van der Waals surface area contributed by atoms with Crippen molar-refractivity contribution in [2.75, 3.05) is 4.90 Å². The van der Waals surface area contributed by atoms with Gasteiger partial charge in [-0.15, -0.1) is 0 Å². The number of allylic oxidation sites excluding steroid dienone is 12. The molecule has 10 aromatic rings. The van der Waals surface area contributed by atoms with Crippen LogP contribution in [0, 0.1) is 6.92 Å². The van der Waals surface area contributed by atoms with Crippen LogP contribution in [0.15, 0.2) is 248 Å². The van der Waals surface area contributed by atoms with Crippen molar-refractivity contribution >= 4 is 67.8 Å². The number of para-hydroxylation sites is 2. The molecule has 5 nitrogen and oxygen atoms in total. The lowest BCUT2D eigenvalue weighted by atomic mass is 9.44. The molecule has 8 aromatic carbocycles. The summed E-state index contributed by atoms with van der Waals surface area (Å²) >= 11 is 0. The highest BCUT2D eigenvalue weighted by atomic mass is 15.2. The minimum atomic E-state index is -0.102. The summed E-state index contributed by atoms with van der Waals surface area (Å²) in [6.07, 6.45) is 14.2. The Balaban J connectivity index is 0.000000958. The molecule has 82 heavy (non-hydrogen) atoms. The standard InChI is InChI=1S/C69H56BN5.C5H8.C2H6/c1-8-22-43(4)62(42(2)3)50-35-36-59-55(38-50)56-39-52(63-44(5)23-20-24-45(63)6)40-57-64-46(7)54(41-61-65(64)70(75(59)66(56)57)58-33-18-19-34-60(58)74(61)53-31-16-11-17-32-53)49-29-21-30-51(37-49)69-72-67(47-25-12-9-13-26-47)71-68(73-69)48-27-14-10-15-28-48;1-3-5-4-2;1-2/h8-19,21-23,25-41H,1,20,24H2,2-7H3;3-5H,1H2,2H3;1-2H3/b43-22-;5-4-;. The van der Waals surface area contributed by atoms with Gasteiger partial charge in [0.2, 0.25) is 0 Å². The first-order valence-corrected chi connectivity index (χ1v) is 28.9. The molecular formula is C76H70BN5. The van der Waals surface area contributed by atoms with Crippen LogP contribution >= 0.6 is 0 Å². The Labute approximate surface area is 485 Å². The van der Waals surface area contributed by atoms with E-state index in [2.05, 4.69) is 216 Å². The summed E-state index contributed by atoms with van der Waals surface area (Å²) in [5.74, 6) is 1.91. The summed E-state index contributed by atoms with van der Waals surface area (Å²) in [5.41, 5.74) is 27.8. The molecule has 0 N–H and O–H groups in total. The molecule has 0 unspecified atom stereocenters. The van der Waals surface area contributed by atoms with Crippen molar-refractivity contribution in [1.82, 2.24) is 19.4 Å². The van der Waals surface area contributed by atoms with Crippen molar-refractivity contribution in [1.29, 1.82) is 0 Å². The van der Waals surface area contributed by atoms with Crippen LogP contribution in [-0.2, 0) is 0 Å². The number of rotatable bonds is 10. The molecule has 3 aliphatic rings. The molecule has 0 radical (unpaired) electrons. The minimum absolute atomic E-state index is 0.102. The second kappa shape index (κ2) is 23.4. The fourth-order valence-corrected chi connectivity index (χ4v) is 12.8. The largest absolute Gasteiger partial charge is 0.375 e. The van der Waals surface area contributed by atoms with Gasteiger partial charge in [-0.3, -0.25) is 0 Å². The molecule has 0 atom stereocenters. The Hall–Kier alpha value is -9.39. The number of benzene rings is 8. The van der Waals surface area contributed by atoms with E-state index in [1.807, 2.05) is 75.4 Å². The molecule has 13 rings (SSSR count). The van der Waals surface area contributed by atoms with E-state index < -0.39 is 0 Å².